The number of rotatable bonds is 4. The average molecular weight is 230 g/mol. The van der Waals surface area contributed by atoms with E-state index in [9.17, 15) is 0 Å². The first-order valence-electron chi connectivity index (χ1n) is 6.72. The molecule has 0 unspecified atom stereocenters. The standard InChI is InChI=1S/C13H21BN3/c1-3-11-10-15-12(9-14-2)16-13(11)17-7-5-4-6-8-17/h10H,3-9H2,1-2H3. The predicted octanol–water partition coefficient (Wildman–Crippen LogP) is 2.28. The van der Waals surface area contributed by atoms with Gasteiger partial charge in [0, 0.05) is 24.8 Å². The molecule has 0 saturated carbocycles. The molecule has 1 fully saturated rings. The fraction of sp³-hybridized carbons (Fsp3) is 0.692. The maximum Gasteiger partial charge on any atom is 0.135 e. The molecule has 0 aliphatic carbocycles. The van der Waals surface area contributed by atoms with Crippen molar-refractivity contribution in [3.63, 3.8) is 0 Å². The minimum Gasteiger partial charge on any atom is -0.356 e. The predicted molar refractivity (Wildman–Crippen MR) is 72.8 cm³/mol. The molecule has 1 aliphatic heterocycles. The number of nitrogens with zero attached hydrogens (tertiary/aromatic N) is 3. The summed E-state index contributed by atoms with van der Waals surface area (Å²) in [5.74, 6) is 2.13. The summed E-state index contributed by atoms with van der Waals surface area (Å²) in [6.07, 6.45) is 7.84. The molecule has 1 radical (unpaired) electrons. The highest BCUT2D eigenvalue weighted by Crippen LogP contribution is 2.22. The molecule has 91 valence electrons. The number of aryl methyl sites for hydroxylation is 1. The Kier molecular flexibility index (Phi) is 4.40. The van der Waals surface area contributed by atoms with Gasteiger partial charge in [0.25, 0.3) is 0 Å². The van der Waals surface area contributed by atoms with Crippen molar-refractivity contribution in [1.29, 1.82) is 0 Å². The second-order valence-electron chi connectivity index (χ2n) is 4.65. The van der Waals surface area contributed by atoms with Crippen molar-refractivity contribution in [2.75, 3.05) is 18.0 Å². The van der Waals surface area contributed by atoms with Gasteiger partial charge in [0.15, 0.2) is 0 Å². The topological polar surface area (TPSA) is 29.0 Å². The summed E-state index contributed by atoms with van der Waals surface area (Å²) in [6.45, 7) is 6.54. The first-order valence-corrected chi connectivity index (χ1v) is 6.72. The molecule has 0 spiro atoms. The smallest absolute Gasteiger partial charge is 0.135 e. The Hall–Kier alpha value is -1.06. The Morgan fingerprint density at radius 1 is 1.29 bits per heavy atom. The van der Waals surface area contributed by atoms with Crippen LogP contribution in [0.4, 0.5) is 5.82 Å². The van der Waals surface area contributed by atoms with Gasteiger partial charge in [-0.05, 0) is 32.0 Å². The Morgan fingerprint density at radius 2 is 2.06 bits per heavy atom. The van der Waals surface area contributed by atoms with Crippen LogP contribution in [0.1, 0.15) is 37.6 Å². The molecule has 3 nitrogen and oxygen atoms in total. The molecule has 1 aromatic heterocycles. The van der Waals surface area contributed by atoms with E-state index in [2.05, 4.69) is 30.9 Å². The fourth-order valence-corrected chi connectivity index (χ4v) is 2.34. The van der Waals surface area contributed by atoms with Crippen molar-refractivity contribution in [1.82, 2.24) is 9.97 Å². The quantitative estimate of drug-likeness (QED) is 0.743. The highest BCUT2D eigenvalue weighted by molar-refractivity contribution is 6.32. The van der Waals surface area contributed by atoms with Gasteiger partial charge in [-0.15, -0.1) is 0 Å². The fourth-order valence-electron chi connectivity index (χ4n) is 2.34. The highest BCUT2D eigenvalue weighted by Gasteiger charge is 2.16. The average Bonchev–Trinajstić information content (AvgIpc) is 2.40. The SMILES string of the molecule is C[B]Cc1ncc(CC)c(N2CCCCC2)n1. The number of hydrogen-bond acceptors (Lipinski definition) is 3. The number of aromatic nitrogens is 2. The van der Waals surface area contributed by atoms with Crippen LogP contribution in [0.2, 0.25) is 6.82 Å². The third kappa shape index (κ3) is 2.99. The van der Waals surface area contributed by atoms with Crippen LogP contribution < -0.4 is 4.90 Å². The van der Waals surface area contributed by atoms with Crippen molar-refractivity contribution < 1.29 is 0 Å². The first kappa shape index (κ1) is 12.4. The van der Waals surface area contributed by atoms with E-state index < -0.39 is 0 Å². The molecular weight excluding hydrogens is 209 g/mol. The third-order valence-corrected chi connectivity index (χ3v) is 3.31. The third-order valence-electron chi connectivity index (χ3n) is 3.31. The van der Waals surface area contributed by atoms with E-state index in [-0.39, 0.29) is 0 Å². The van der Waals surface area contributed by atoms with Crippen LogP contribution in [0, 0.1) is 0 Å². The van der Waals surface area contributed by atoms with Crippen molar-refractivity contribution >= 4 is 13.1 Å². The van der Waals surface area contributed by atoms with Gasteiger partial charge in [-0.3, -0.25) is 0 Å². The highest BCUT2D eigenvalue weighted by atomic mass is 15.2. The molecule has 0 bridgehead atoms. The molecule has 2 heterocycles. The molecule has 1 aromatic rings. The van der Waals surface area contributed by atoms with E-state index in [4.69, 9.17) is 4.98 Å². The largest absolute Gasteiger partial charge is 0.356 e. The summed E-state index contributed by atoms with van der Waals surface area (Å²) in [4.78, 5) is 11.6. The van der Waals surface area contributed by atoms with Gasteiger partial charge in [-0.25, -0.2) is 9.97 Å². The van der Waals surface area contributed by atoms with Gasteiger partial charge in [-0.1, -0.05) is 13.7 Å². The Morgan fingerprint density at radius 3 is 2.71 bits per heavy atom. The molecule has 1 aliphatic rings. The van der Waals surface area contributed by atoms with Crippen molar-refractivity contribution in [3.8, 4) is 0 Å². The van der Waals surface area contributed by atoms with Crippen LogP contribution in [-0.4, -0.2) is 30.3 Å². The molecular formula is C13H21BN3. The van der Waals surface area contributed by atoms with E-state index in [0.29, 0.717) is 0 Å². The van der Waals surface area contributed by atoms with Gasteiger partial charge >= 0.3 is 0 Å². The zero-order chi connectivity index (χ0) is 12.1. The molecule has 4 heteroatoms. The molecule has 0 aromatic carbocycles. The number of anilines is 1. The van der Waals surface area contributed by atoms with Crippen LogP contribution in [-0.2, 0) is 12.7 Å². The number of piperidine rings is 1. The Balaban J connectivity index is 2.24. The first-order chi connectivity index (χ1) is 8.35. The monoisotopic (exact) mass is 230 g/mol. The van der Waals surface area contributed by atoms with Crippen molar-refractivity contribution in [2.45, 2.75) is 45.8 Å². The second-order valence-corrected chi connectivity index (χ2v) is 4.65. The van der Waals surface area contributed by atoms with Gasteiger partial charge in [0.2, 0.25) is 0 Å². The molecule has 0 amide bonds. The van der Waals surface area contributed by atoms with E-state index >= 15 is 0 Å². The Bertz CT molecular complexity index is 362. The van der Waals surface area contributed by atoms with Crippen molar-refractivity contribution in [3.05, 3.63) is 17.6 Å². The molecule has 0 atom stereocenters. The molecule has 2 rings (SSSR count). The second kappa shape index (κ2) is 6.03. The van der Waals surface area contributed by atoms with E-state index in [1.807, 2.05) is 6.20 Å². The molecule has 1 saturated heterocycles. The Labute approximate surface area is 105 Å². The zero-order valence-corrected chi connectivity index (χ0v) is 10.9. The minimum absolute atomic E-state index is 0.866. The summed E-state index contributed by atoms with van der Waals surface area (Å²) in [5, 5.41) is 0. The number of hydrogen-bond donors (Lipinski definition) is 0. The summed E-state index contributed by atoms with van der Waals surface area (Å²) >= 11 is 0. The molecule has 0 N–H and O–H groups in total. The van der Waals surface area contributed by atoms with Gasteiger partial charge in [-0.2, -0.15) is 0 Å². The van der Waals surface area contributed by atoms with E-state index in [0.717, 1.165) is 31.7 Å². The lowest BCUT2D eigenvalue weighted by molar-refractivity contribution is 0.570. The van der Waals surface area contributed by atoms with Crippen LogP contribution in [0.25, 0.3) is 0 Å². The molecule has 17 heavy (non-hydrogen) atoms. The van der Waals surface area contributed by atoms with Crippen LogP contribution >= 0.6 is 0 Å². The van der Waals surface area contributed by atoms with Crippen LogP contribution in [0.15, 0.2) is 6.20 Å². The summed E-state index contributed by atoms with van der Waals surface area (Å²) in [5.41, 5.74) is 1.28. The van der Waals surface area contributed by atoms with E-state index in [1.54, 1.807) is 0 Å². The van der Waals surface area contributed by atoms with Gasteiger partial charge in [0.05, 0.1) is 0 Å². The van der Waals surface area contributed by atoms with Gasteiger partial charge < -0.3 is 4.90 Å². The maximum absolute atomic E-state index is 4.74. The normalized spacial score (nSPS) is 16.0. The van der Waals surface area contributed by atoms with Crippen LogP contribution in [0.3, 0.4) is 0 Å². The minimum atomic E-state index is 0.866. The van der Waals surface area contributed by atoms with Gasteiger partial charge in [0.1, 0.15) is 18.9 Å². The van der Waals surface area contributed by atoms with Crippen molar-refractivity contribution in [2.24, 2.45) is 0 Å². The maximum atomic E-state index is 4.74. The summed E-state index contributed by atoms with van der Waals surface area (Å²) in [7, 11) is 2.11. The zero-order valence-electron chi connectivity index (χ0n) is 10.9. The lowest BCUT2D eigenvalue weighted by atomic mass is 9.78. The van der Waals surface area contributed by atoms with E-state index in [1.165, 1.54) is 30.6 Å². The van der Waals surface area contributed by atoms with Crippen LogP contribution in [0.5, 0.6) is 0 Å². The lowest BCUT2D eigenvalue weighted by Crippen LogP contribution is -2.31. The summed E-state index contributed by atoms with van der Waals surface area (Å²) < 4.78 is 0. The lowest BCUT2D eigenvalue weighted by Gasteiger charge is -2.29. The summed E-state index contributed by atoms with van der Waals surface area (Å²) in [6, 6.07) is 0.